The number of hydrogen-bond donors (Lipinski definition) is 2. The molecule has 0 amide bonds. The van der Waals surface area contributed by atoms with Crippen molar-refractivity contribution in [3.8, 4) is 5.75 Å². The second kappa shape index (κ2) is 5.87. The van der Waals surface area contributed by atoms with Gasteiger partial charge in [0.05, 0.1) is 10.6 Å². The van der Waals surface area contributed by atoms with Crippen LogP contribution < -0.4 is 0 Å². The lowest BCUT2D eigenvalue weighted by Gasteiger charge is -2.07. The number of carboxylic acids is 1. The molecule has 5 nitrogen and oxygen atoms in total. The van der Waals surface area contributed by atoms with E-state index in [9.17, 15) is 18.3 Å². The van der Waals surface area contributed by atoms with Crippen LogP contribution in [-0.2, 0) is 15.6 Å². The number of aromatic carboxylic acids is 1. The van der Waals surface area contributed by atoms with E-state index < -0.39 is 21.6 Å². The van der Waals surface area contributed by atoms with Crippen LogP contribution in [0.3, 0.4) is 0 Å². The maximum absolute atomic E-state index is 12.3. The van der Waals surface area contributed by atoms with E-state index in [1.165, 1.54) is 24.3 Å². The minimum absolute atomic E-state index is 0.152. The van der Waals surface area contributed by atoms with E-state index in [-0.39, 0.29) is 16.2 Å². The third-order valence-electron chi connectivity index (χ3n) is 2.80. The van der Waals surface area contributed by atoms with E-state index in [0.29, 0.717) is 10.0 Å². The first-order valence-corrected chi connectivity index (χ1v) is 8.27. The van der Waals surface area contributed by atoms with Crippen molar-refractivity contribution in [1.29, 1.82) is 0 Å². The molecule has 0 spiro atoms. The Morgan fingerprint density at radius 2 is 1.86 bits per heavy atom. The first kappa shape index (κ1) is 15.5. The number of carbonyl (C=O) groups is 1. The highest BCUT2D eigenvalue weighted by atomic mass is 79.9. The number of halogens is 1. The average Bonchev–Trinajstić information content (AvgIpc) is 2.37. The highest BCUT2D eigenvalue weighted by Crippen LogP contribution is 2.24. The predicted octanol–water partition coefficient (Wildman–Crippen LogP) is 2.83. The summed E-state index contributed by atoms with van der Waals surface area (Å²) < 4.78 is 25.2. The van der Waals surface area contributed by atoms with Gasteiger partial charge in [0.2, 0.25) is 0 Å². The molecular weight excluding hydrogens is 360 g/mol. The van der Waals surface area contributed by atoms with Crippen LogP contribution in [0.25, 0.3) is 0 Å². The van der Waals surface area contributed by atoms with E-state index in [0.717, 1.165) is 6.07 Å². The van der Waals surface area contributed by atoms with Gasteiger partial charge < -0.3 is 10.2 Å². The Bertz CT molecular complexity index is 799. The normalized spacial score (nSPS) is 11.3. The van der Waals surface area contributed by atoms with E-state index in [4.69, 9.17) is 5.11 Å². The number of aromatic hydroxyl groups is 1. The molecule has 2 aromatic rings. The summed E-state index contributed by atoms with van der Waals surface area (Å²) in [6, 6.07) is 10.0. The monoisotopic (exact) mass is 370 g/mol. The van der Waals surface area contributed by atoms with Gasteiger partial charge in [-0.2, -0.15) is 0 Å². The summed E-state index contributed by atoms with van der Waals surface area (Å²) >= 11 is 3.21. The zero-order valence-electron chi connectivity index (χ0n) is 10.7. The fraction of sp³-hybridized carbons (Fsp3) is 0.0714. The highest BCUT2D eigenvalue weighted by molar-refractivity contribution is 9.10. The molecule has 0 atom stereocenters. The zero-order chi connectivity index (χ0) is 15.6. The topological polar surface area (TPSA) is 91.7 Å². The van der Waals surface area contributed by atoms with Gasteiger partial charge in [-0.25, -0.2) is 13.2 Å². The molecule has 0 aliphatic heterocycles. The molecule has 110 valence electrons. The van der Waals surface area contributed by atoms with Crippen molar-refractivity contribution >= 4 is 31.7 Å². The summed E-state index contributed by atoms with van der Waals surface area (Å²) in [5.74, 6) is -2.05. The lowest BCUT2D eigenvalue weighted by molar-refractivity contribution is 0.0693. The van der Waals surface area contributed by atoms with Crippen molar-refractivity contribution in [2.24, 2.45) is 0 Å². The van der Waals surface area contributed by atoms with Gasteiger partial charge in [0, 0.05) is 4.47 Å². The molecule has 0 radical (unpaired) electrons. The molecule has 0 heterocycles. The van der Waals surface area contributed by atoms with Gasteiger partial charge in [-0.3, -0.25) is 0 Å². The molecule has 7 heteroatoms. The van der Waals surface area contributed by atoms with Crippen molar-refractivity contribution in [3.05, 3.63) is 58.1 Å². The van der Waals surface area contributed by atoms with Gasteiger partial charge in [0.1, 0.15) is 11.3 Å². The van der Waals surface area contributed by atoms with Crippen molar-refractivity contribution in [3.63, 3.8) is 0 Å². The molecule has 2 rings (SSSR count). The van der Waals surface area contributed by atoms with Crippen LogP contribution in [0.1, 0.15) is 15.9 Å². The van der Waals surface area contributed by atoms with Crippen molar-refractivity contribution in [1.82, 2.24) is 0 Å². The third-order valence-corrected chi connectivity index (χ3v) is 4.98. The molecule has 0 saturated heterocycles. The van der Waals surface area contributed by atoms with Crippen LogP contribution in [-0.4, -0.2) is 24.6 Å². The van der Waals surface area contributed by atoms with Gasteiger partial charge in [-0.1, -0.05) is 28.1 Å². The first-order valence-electron chi connectivity index (χ1n) is 5.83. The molecule has 0 unspecified atom stereocenters. The first-order chi connectivity index (χ1) is 9.79. The minimum Gasteiger partial charge on any atom is -0.507 e. The van der Waals surface area contributed by atoms with Gasteiger partial charge in [-0.15, -0.1) is 0 Å². The van der Waals surface area contributed by atoms with E-state index in [1.807, 2.05) is 0 Å². The SMILES string of the molecule is O=C(O)c1ccc(CS(=O)(=O)c2cccc(Br)c2)cc1O. The Balaban J connectivity index is 2.33. The highest BCUT2D eigenvalue weighted by Gasteiger charge is 2.17. The Labute approximate surface area is 129 Å². The molecule has 0 aromatic heterocycles. The zero-order valence-corrected chi connectivity index (χ0v) is 13.1. The second-order valence-corrected chi connectivity index (χ2v) is 7.28. The van der Waals surface area contributed by atoms with Crippen molar-refractivity contribution < 1.29 is 23.4 Å². The Kier molecular flexibility index (Phi) is 4.34. The summed E-state index contributed by atoms with van der Waals surface area (Å²) in [7, 11) is -3.57. The fourth-order valence-corrected chi connectivity index (χ4v) is 3.74. The lowest BCUT2D eigenvalue weighted by Crippen LogP contribution is -2.05. The van der Waals surface area contributed by atoms with Crippen LogP contribution in [0.15, 0.2) is 51.8 Å². The summed E-state index contributed by atoms with van der Waals surface area (Å²) in [6.07, 6.45) is 0. The number of carboxylic acid groups (broad SMARTS) is 1. The summed E-state index contributed by atoms with van der Waals surface area (Å²) in [6.45, 7) is 0. The number of rotatable bonds is 4. The minimum atomic E-state index is -3.57. The van der Waals surface area contributed by atoms with Gasteiger partial charge in [-0.05, 0) is 35.9 Å². The maximum atomic E-state index is 12.3. The Hall–Kier alpha value is -1.86. The maximum Gasteiger partial charge on any atom is 0.339 e. The number of benzene rings is 2. The van der Waals surface area contributed by atoms with Crippen LogP contribution in [0.4, 0.5) is 0 Å². The quantitative estimate of drug-likeness (QED) is 0.863. The number of sulfone groups is 1. The van der Waals surface area contributed by atoms with Crippen molar-refractivity contribution in [2.75, 3.05) is 0 Å². The standard InChI is InChI=1S/C14H11BrO5S/c15-10-2-1-3-11(7-10)21(19,20)8-9-4-5-12(14(17)18)13(16)6-9/h1-7,16H,8H2,(H,17,18). The lowest BCUT2D eigenvalue weighted by atomic mass is 10.1. The van der Waals surface area contributed by atoms with Crippen LogP contribution >= 0.6 is 15.9 Å². The van der Waals surface area contributed by atoms with Crippen LogP contribution in [0.5, 0.6) is 5.75 Å². The molecule has 0 aliphatic rings. The van der Waals surface area contributed by atoms with Gasteiger partial charge in [0.15, 0.2) is 9.84 Å². The fourth-order valence-electron chi connectivity index (χ4n) is 1.81. The molecule has 0 bridgehead atoms. The molecule has 0 fully saturated rings. The largest absolute Gasteiger partial charge is 0.507 e. The Morgan fingerprint density at radius 1 is 1.14 bits per heavy atom. The van der Waals surface area contributed by atoms with E-state index in [1.54, 1.807) is 12.1 Å². The molecule has 0 aliphatic carbocycles. The summed E-state index contributed by atoms with van der Waals surface area (Å²) in [5, 5.41) is 18.4. The van der Waals surface area contributed by atoms with E-state index >= 15 is 0 Å². The third kappa shape index (κ3) is 3.62. The van der Waals surface area contributed by atoms with Gasteiger partial charge >= 0.3 is 5.97 Å². The molecule has 21 heavy (non-hydrogen) atoms. The molecular formula is C14H11BrO5S. The summed E-state index contributed by atoms with van der Waals surface area (Å²) in [5.41, 5.74) is 0.0519. The molecule has 2 aromatic carbocycles. The van der Waals surface area contributed by atoms with Crippen LogP contribution in [0.2, 0.25) is 0 Å². The smallest absolute Gasteiger partial charge is 0.339 e. The molecule has 0 saturated carbocycles. The Morgan fingerprint density at radius 3 is 2.43 bits per heavy atom. The van der Waals surface area contributed by atoms with E-state index in [2.05, 4.69) is 15.9 Å². The average molecular weight is 371 g/mol. The molecule has 2 N–H and O–H groups in total. The van der Waals surface area contributed by atoms with Gasteiger partial charge in [0.25, 0.3) is 0 Å². The van der Waals surface area contributed by atoms with Crippen LogP contribution in [0, 0.1) is 0 Å². The number of hydrogen-bond acceptors (Lipinski definition) is 4. The number of phenols is 1. The predicted molar refractivity (Wildman–Crippen MR) is 80.1 cm³/mol. The summed E-state index contributed by atoms with van der Waals surface area (Å²) in [4.78, 5) is 10.9. The van der Waals surface area contributed by atoms with Crippen molar-refractivity contribution in [2.45, 2.75) is 10.6 Å². The second-order valence-electron chi connectivity index (χ2n) is 4.37.